The Morgan fingerprint density at radius 1 is 0.871 bits per heavy atom. The molecular formula is C26H24N2O3. The summed E-state index contributed by atoms with van der Waals surface area (Å²) in [6, 6.07) is 22.4. The number of hydrogen-bond acceptors (Lipinski definition) is 4. The van der Waals surface area contributed by atoms with Gasteiger partial charge in [-0.2, -0.15) is 0 Å². The molecular weight excluding hydrogens is 388 g/mol. The lowest BCUT2D eigenvalue weighted by atomic mass is 10.0. The third-order valence-electron chi connectivity index (χ3n) is 5.20. The topological polar surface area (TPSA) is 58.6 Å². The summed E-state index contributed by atoms with van der Waals surface area (Å²) in [6.07, 6.45) is 0. The van der Waals surface area contributed by atoms with E-state index >= 15 is 0 Å². The maximum Gasteiger partial charge on any atom is 0.282 e. The van der Waals surface area contributed by atoms with Gasteiger partial charge in [0, 0.05) is 0 Å². The molecule has 3 aromatic rings. The van der Waals surface area contributed by atoms with Crippen LogP contribution >= 0.6 is 0 Å². The number of nitrogens with zero attached hydrogens (tertiary/aromatic N) is 1. The molecule has 0 fully saturated rings. The van der Waals surface area contributed by atoms with Crippen LogP contribution in [-0.2, 0) is 9.59 Å². The number of carbonyl (C=O) groups excluding carboxylic acids is 2. The van der Waals surface area contributed by atoms with Gasteiger partial charge in [0.15, 0.2) is 0 Å². The number of rotatable bonds is 6. The first-order valence-corrected chi connectivity index (χ1v) is 10.3. The van der Waals surface area contributed by atoms with E-state index in [0.29, 0.717) is 34.9 Å². The predicted octanol–water partition coefficient (Wildman–Crippen LogP) is 5.10. The molecule has 156 valence electrons. The molecule has 2 amide bonds. The van der Waals surface area contributed by atoms with Gasteiger partial charge in [0.2, 0.25) is 0 Å². The zero-order valence-electron chi connectivity index (χ0n) is 17.8. The molecule has 5 heteroatoms. The second-order valence-electron chi connectivity index (χ2n) is 7.41. The SMILES string of the molecule is CCOc1ccccc1NC1=C(c2ccccc2)C(=O)N(c2cc(C)ccc2C)C1=O. The summed E-state index contributed by atoms with van der Waals surface area (Å²) < 4.78 is 5.70. The first-order chi connectivity index (χ1) is 15.0. The number of anilines is 2. The lowest BCUT2D eigenvalue weighted by Crippen LogP contribution is -2.33. The van der Waals surface area contributed by atoms with E-state index in [-0.39, 0.29) is 17.5 Å². The van der Waals surface area contributed by atoms with Crippen molar-refractivity contribution in [3.63, 3.8) is 0 Å². The van der Waals surface area contributed by atoms with Gasteiger partial charge in [0.25, 0.3) is 11.8 Å². The van der Waals surface area contributed by atoms with E-state index in [9.17, 15) is 9.59 Å². The molecule has 0 atom stereocenters. The van der Waals surface area contributed by atoms with E-state index in [1.165, 1.54) is 4.90 Å². The summed E-state index contributed by atoms with van der Waals surface area (Å²) in [4.78, 5) is 28.4. The Bertz CT molecular complexity index is 1180. The molecule has 1 heterocycles. The zero-order valence-corrected chi connectivity index (χ0v) is 17.8. The van der Waals surface area contributed by atoms with Crippen LogP contribution in [0.5, 0.6) is 5.75 Å². The monoisotopic (exact) mass is 412 g/mol. The van der Waals surface area contributed by atoms with Crippen LogP contribution in [0, 0.1) is 13.8 Å². The molecule has 1 aliphatic rings. The van der Waals surface area contributed by atoms with E-state index in [4.69, 9.17) is 4.74 Å². The van der Waals surface area contributed by atoms with Gasteiger partial charge in [-0.25, -0.2) is 4.90 Å². The molecule has 5 nitrogen and oxygen atoms in total. The van der Waals surface area contributed by atoms with Crippen LogP contribution in [0.4, 0.5) is 11.4 Å². The number of ether oxygens (including phenoxy) is 1. The number of nitrogens with one attached hydrogen (secondary N) is 1. The quantitative estimate of drug-likeness (QED) is 0.573. The minimum Gasteiger partial charge on any atom is -0.492 e. The summed E-state index contributed by atoms with van der Waals surface area (Å²) in [5, 5.41) is 3.20. The summed E-state index contributed by atoms with van der Waals surface area (Å²) in [5.74, 6) is -0.111. The smallest absolute Gasteiger partial charge is 0.282 e. The number of benzene rings is 3. The van der Waals surface area contributed by atoms with Crippen LogP contribution < -0.4 is 15.0 Å². The van der Waals surface area contributed by atoms with Crippen molar-refractivity contribution in [1.29, 1.82) is 0 Å². The third-order valence-corrected chi connectivity index (χ3v) is 5.20. The van der Waals surface area contributed by atoms with Crippen LogP contribution in [0.2, 0.25) is 0 Å². The highest BCUT2D eigenvalue weighted by atomic mass is 16.5. The van der Waals surface area contributed by atoms with Gasteiger partial charge in [0.05, 0.1) is 23.6 Å². The second-order valence-corrected chi connectivity index (χ2v) is 7.41. The summed E-state index contributed by atoms with van der Waals surface area (Å²) in [6.45, 7) is 6.23. The number of amides is 2. The standard InChI is InChI=1S/C26H24N2O3/c1-4-31-22-13-9-8-12-20(22)27-24-23(19-10-6-5-7-11-19)25(29)28(26(24)30)21-16-17(2)14-15-18(21)3/h5-16,27H,4H2,1-3H3. The Hall–Kier alpha value is -3.86. The Kier molecular flexibility index (Phi) is 5.58. The average molecular weight is 412 g/mol. The highest BCUT2D eigenvalue weighted by Crippen LogP contribution is 2.36. The first-order valence-electron chi connectivity index (χ1n) is 10.3. The lowest BCUT2D eigenvalue weighted by Gasteiger charge is -2.19. The van der Waals surface area contributed by atoms with Gasteiger partial charge in [-0.05, 0) is 55.7 Å². The van der Waals surface area contributed by atoms with Crippen LogP contribution in [-0.4, -0.2) is 18.4 Å². The molecule has 0 saturated carbocycles. The van der Waals surface area contributed by atoms with Crippen LogP contribution in [0.3, 0.4) is 0 Å². The van der Waals surface area contributed by atoms with Crippen molar-refractivity contribution in [3.8, 4) is 5.75 Å². The van der Waals surface area contributed by atoms with Gasteiger partial charge in [-0.1, -0.05) is 54.6 Å². The van der Waals surface area contributed by atoms with Crippen molar-refractivity contribution in [2.75, 3.05) is 16.8 Å². The molecule has 4 rings (SSSR count). The second kappa shape index (κ2) is 8.48. The minimum atomic E-state index is -0.385. The van der Waals surface area contributed by atoms with Crippen LogP contribution in [0.25, 0.3) is 5.57 Å². The number of imide groups is 1. The van der Waals surface area contributed by atoms with Gasteiger partial charge >= 0.3 is 0 Å². The predicted molar refractivity (Wildman–Crippen MR) is 123 cm³/mol. The van der Waals surface area contributed by atoms with E-state index in [2.05, 4.69) is 5.32 Å². The molecule has 3 aromatic carbocycles. The Morgan fingerprint density at radius 2 is 1.58 bits per heavy atom. The van der Waals surface area contributed by atoms with Crippen LogP contribution in [0.15, 0.2) is 78.5 Å². The Morgan fingerprint density at radius 3 is 2.32 bits per heavy atom. The normalized spacial score (nSPS) is 13.7. The number of para-hydroxylation sites is 2. The summed E-state index contributed by atoms with van der Waals surface area (Å²) in [5.41, 5.74) is 4.34. The maximum atomic E-state index is 13.6. The van der Waals surface area contributed by atoms with Crippen LogP contribution in [0.1, 0.15) is 23.6 Å². The van der Waals surface area contributed by atoms with Crippen molar-refractivity contribution in [1.82, 2.24) is 0 Å². The van der Waals surface area contributed by atoms with E-state index in [0.717, 1.165) is 11.1 Å². The summed E-state index contributed by atoms with van der Waals surface area (Å²) in [7, 11) is 0. The van der Waals surface area contributed by atoms with Gasteiger partial charge < -0.3 is 10.1 Å². The first kappa shape index (κ1) is 20.4. The highest BCUT2D eigenvalue weighted by Gasteiger charge is 2.41. The molecule has 0 aromatic heterocycles. The van der Waals surface area contributed by atoms with E-state index in [1.807, 2.05) is 93.6 Å². The van der Waals surface area contributed by atoms with Gasteiger partial charge in [0.1, 0.15) is 11.4 Å². The van der Waals surface area contributed by atoms with Crippen molar-refractivity contribution in [2.45, 2.75) is 20.8 Å². The molecule has 0 radical (unpaired) electrons. The fourth-order valence-corrected chi connectivity index (χ4v) is 3.68. The number of aryl methyl sites for hydroxylation is 2. The van der Waals surface area contributed by atoms with Crippen molar-refractivity contribution >= 4 is 28.8 Å². The summed E-state index contributed by atoms with van der Waals surface area (Å²) >= 11 is 0. The molecule has 1 aliphatic heterocycles. The third kappa shape index (κ3) is 3.82. The van der Waals surface area contributed by atoms with Crippen molar-refractivity contribution < 1.29 is 14.3 Å². The molecule has 1 N–H and O–H groups in total. The van der Waals surface area contributed by atoms with Gasteiger partial charge in [-0.15, -0.1) is 0 Å². The Balaban J connectivity index is 1.85. The van der Waals surface area contributed by atoms with E-state index in [1.54, 1.807) is 0 Å². The Labute approximate surface area is 182 Å². The molecule has 0 spiro atoms. The van der Waals surface area contributed by atoms with Crippen molar-refractivity contribution in [3.05, 3.63) is 95.2 Å². The number of hydrogen-bond donors (Lipinski definition) is 1. The van der Waals surface area contributed by atoms with E-state index < -0.39 is 0 Å². The molecule has 0 bridgehead atoms. The largest absolute Gasteiger partial charge is 0.492 e. The van der Waals surface area contributed by atoms with Gasteiger partial charge in [-0.3, -0.25) is 9.59 Å². The maximum absolute atomic E-state index is 13.6. The lowest BCUT2D eigenvalue weighted by molar-refractivity contribution is -0.120. The number of carbonyl (C=O) groups is 2. The average Bonchev–Trinajstić information content (AvgIpc) is 3.01. The molecule has 0 unspecified atom stereocenters. The highest BCUT2D eigenvalue weighted by molar-refractivity contribution is 6.46. The van der Waals surface area contributed by atoms with Crippen molar-refractivity contribution in [2.24, 2.45) is 0 Å². The minimum absolute atomic E-state index is 0.240. The molecule has 31 heavy (non-hydrogen) atoms. The molecule has 0 aliphatic carbocycles. The fraction of sp³-hybridized carbons (Fsp3) is 0.154. The zero-order chi connectivity index (χ0) is 22.0. The fourth-order valence-electron chi connectivity index (χ4n) is 3.68. The molecule has 0 saturated heterocycles.